The summed E-state index contributed by atoms with van der Waals surface area (Å²) in [5.74, 6) is 1.60. The van der Waals surface area contributed by atoms with Crippen molar-refractivity contribution in [1.29, 1.82) is 0 Å². The Morgan fingerprint density at radius 3 is 2.84 bits per heavy atom. The highest BCUT2D eigenvalue weighted by Crippen LogP contribution is 2.34. The zero-order chi connectivity index (χ0) is 13.2. The molecule has 1 N–H and O–H groups in total. The van der Waals surface area contributed by atoms with Crippen molar-refractivity contribution >= 4 is 0 Å². The summed E-state index contributed by atoms with van der Waals surface area (Å²) >= 11 is 0. The van der Waals surface area contributed by atoms with E-state index in [1.807, 2.05) is 43.2 Å². The van der Waals surface area contributed by atoms with E-state index in [9.17, 15) is 0 Å². The van der Waals surface area contributed by atoms with Crippen molar-refractivity contribution in [2.45, 2.75) is 6.54 Å². The third-order valence-electron chi connectivity index (χ3n) is 3.22. The van der Waals surface area contributed by atoms with Crippen molar-refractivity contribution in [2.75, 3.05) is 20.3 Å². The van der Waals surface area contributed by atoms with Crippen LogP contribution in [0.4, 0.5) is 0 Å². The predicted octanol–water partition coefficient (Wildman–Crippen LogP) is 1.58. The van der Waals surface area contributed by atoms with Crippen LogP contribution < -0.4 is 14.8 Å². The number of benzene rings is 1. The number of ether oxygens (including phenoxy) is 2. The number of rotatable bonds is 3. The minimum absolute atomic E-state index is 0.599. The van der Waals surface area contributed by atoms with Gasteiger partial charge >= 0.3 is 0 Å². The number of fused-ring (bicyclic) bond motifs is 1. The molecule has 1 aliphatic rings. The molecule has 5 nitrogen and oxygen atoms in total. The standard InChI is InChI=1S/C14H17N3O2/c1-15-8-11-14(16-9-17(11)2)10-3-4-12-13(7-10)19-6-5-18-12/h3-4,7,9,15H,5-6,8H2,1-2H3. The lowest BCUT2D eigenvalue weighted by atomic mass is 10.1. The first-order chi connectivity index (χ1) is 9.29. The minimum atomic E-state index is 0.599. The van der Waals surface area contributed by atoms with E-state index in [-0.39, 0.29) is 0 Å². The molecule has 0 saturated heterocycles. The van der Waals surface area contributed by atoms with Crippen LogP contribution in [-0.4, -0.2) is 29.8 Å². The summed E-state index contributed by atoms with van der Waals surface area (Å²) in [6.07, 6.45) is 1.83. The van der Waals surface area contributed by atoms with Gasteiger partial charge in [0, 0.05) is 19.2 Å². The molecule has 0 saturated carbocycles. The SMILES string of the molecule is CNCc1c(-c2ccc3c(c2)OCCO3)ncn1C. The van der Waals surface area contributed by atoms with E-state index in [1.54, 1.807) is 0 Å². The van der Waals surface area contributed by atoms with Crippen molar-refractivity contribution in [2.24, 2.45) is 7.05 Å². The van der Waals surface area contributed by atoms with Crippen molar-refractivity contribution in [3.63, 3.8) is 0 Å². The van der Waals surface area contributed by atoms with Gasteiger partial charge in [-0.1, -0.05) is 0 Å². The first-order valence-electron chi connectivity index (χ1n) is 6.34. The quantitative estimate of drug-likeness (QED) is 0.909. The van der Waals surface area contributed by atoms with Crippen LogP contribution in [0, 0.1) is 0 Å². The maximum Gasteiger partial charge on any atom is 0.162 e. The van der Waals surface area contributed by atoms with Gasteiger partial charge in [-0.2, -0.15) is 0 Å². The van der Waals surface area contributed by atoms with Crippen LogP contribution in [0.5, 0.6) is 11.5 Å². The average Bonchev–Trinajstić information content (AvgIpc) is 2.80. The molecule has 2 heterocycles. The molecule has 5 heteroatoms. The second kappa shape index (κ2) is 4.93. The second-order valence-corrected chi connectivity index (χ2v) is 4.54. The van der Waals surface area contributed by atoms with Gasteiger partial charge in [-0.25, -0.2) is 4.98 Å². The molecule has 19 heavy (non-hydrogen) atoms. The molecule has 0 atom stereocenters. The molecule has 2 aromatic rings. The monoisotopic (exact) mass is 259 g/mol. The highest BCUT2D eigenvalue weighted by Gasteiger charge is 2.16. The minimum Gasteiger partial charge on any atom is -0.486 e. The van der Waals surface area contributed by atoms with Crippen LogP contribution in [0.3, 0.4) is 0 Å². The van der Waals surface area contributed by atoms with Gasteiger partial charge in [-0.05, 0) is 25.2 Å². The first-order valence-corrected chi connectivity index (χ1v) is 6.34. The number of aryl methyl sites for hydroxylation is 1. The van der Waals surface area contributed by atoms with Crippen LogP contribution in [0.2, 0.25) is 0 Å². The smallest absolute Gasteiger partial charge is 0.162 e. The lowest BCUT2D eigenvalue weighted by Crippen LogP contribution is -2.15. The van der Waals surface area contributed by atoms with Gasteiger partial charge in [0.25, 0.3) is 0 Å². The van der Waals surface area contributed by atoms with Gasteiger partial charge < -0.3 is 19.4 Å². The molecule has 0 fully saturated rings. The van der Waals surface area contributed by atoms with E-state index in [2.05, 4.69) is 10.3 Å². The van der Waals surface area contributed by atoms with E-state index < -0.39 is 0 Å². The van der Waals surface area contributed by atoms with E-state index in [4.69, 9.17) is 9.47 Å². The Labute approximate surface area is 112 Å². The van der Waals surface area contributed by atoms with Gasteiger partial charge in [-0.3, -0.25) is 0 Å². The molecule has 1 aromatic heterocycles. The number of hydrogen-bond acceptors (Lipinski definition) is 4. The second-order valence-electron chi connectivity index (χ2n) is 4.54. The molecule has 0 amide bonds. The van der Waals surface area contributed by atoms with E-state index in [0.29, 0.717) is 13.2 Å². The Balaban J connectivity index is 2.02. The summed E-state index contributed by atoms with van der Waals surface area (Å²) < 4.78 is 13.2. The Morgan fingerprint density at radius 2 is 2.05 bits per heavy atom. The van der Waals surface area contributed by atoms with Gasteiger partial charge in [0.2, 0.25) is 0 Å². The van der Waals surface area contributed by atoms with Gasteiger partial charge in [0.1, 0.15) is 13.2 Å². The number of imidazole rings is 1. The first kappa shape index (κ1) is 12.0. The molecule has 1 aliphatic heterocycles. The lowest BCUT2D eigenvalue weighted by molar-refractivity contribution is 0.171. The van der Waals surface area contributed by atoms with Gasteiger partial charge in [-0.15, -0.1) is 0 Å². The predicted molar refractivity (Wildman–Crippen MR) is 72.4 cm³/mol. The van der Waals surface area contributed by atoms with Crippen LogP contribution >= 0.6 is 0 Å². The third kappa shape index (κ3) is 2.17. The van der Waals surface area contributed by atoms with Crippen molar-refractivity contribution in [3.05, 3.63) is 30.2 Å². The zero-order valence-electron chi connectivity index (χ0n) is 11.1. The fraction of sp³-hybridized carbons (Fsp3) is 0.357. The highest BCUT2D eigenvalue weighted by molar-refractivity contribution is 5.66. The molecule has 100 valence electrons. The van der Waals surface area contributed by atoms with Crippen LogP contribution in [0.1, 0.15) is 5.69 Å². The van der Waals surface area contributed by atoms with Gasteiger partial charge in [0.05, 0.1) is 17.7 Å². The lowest BCUT2D eigenvalue weighted by Gasteiger charge is -2.18. The highest BCUT2D eigenvalue weighted by atomic mass is 16.6. The molecule has 0 spiro atoms. The Morgan fingerprint density at radius 1 is 1.26 bits per heavy atom. The summed E-state index contributed by atoms with van der Waals surface area (Å²) in [4.78, 5) is 4.48. The number of nitrogens with zero attached hydrogens (tertiary/aromatic N) is 2. The maximum absolute atomic E-state index is 5.62. The van der Waals surface area contributed by atoms with E-state index in [1.165, 1.54) is 0 Å². The molecule has 1 aromatic carbocycles. The molecule has 3 rings (SSSR count). The van der Waals surface area contributed by atoms with Crippen molar-refractivity contribution in [3.8, 4) is 22.8 Å². The van der Waals surface area contributed by atoms with E-state index in [0.717, 1.165) is 35.0 Å². The summed E-state index contributed by atoms with van der Waals surface area (Å²) in [6, 6.07) is 5.96. The van der Waals surface area contributed by atoms with Crippen molar-refractivity contribution < 1.29 is 9.47 Å². The number of aromatic nitrogens is 2. The summed E-state index contributed by atoms with van der Waals surface area (Å²) in [7, 11) is 3.93. The van der Waals surface area contributed by atoms with Crippen molar-refractivity contribution in [1.82, 2.24) is 14.9 Å². The fourth-order valence-electron chi connectivity index (χ4n) is 2.26. The largest absolute Gasteiger partial charge is 0.486 e. The van der Waals surface area contributed by atoms with E-state index >= 15 is 0 Å². The number of nitrogens with one attached hydrogen (secondary N) is 1. The molecular formula is C14H17N3O2. The van der Waals surface area contributed by atoms with Crippen LogP contribution in [0.15, 0.2) is 24.5 Å². The van der Waals surface area contributed by atoms with Gasteiger partial charge in [0.15, 0.2) is 11.5 Å². The fourth-order valence-corrected chi connectivity index (χ4v) is 2.26. The molecule has 0 aliphatic carbocycles. The number of hydrogen-bond donors (Lipinski definition) is 1. The summed E-state index contributed by atoms with van der Waals surface area (Å²) in [5, 5.41) is 3.17. The summed E-state index contributed by atoms with van der Waals surface area (Å²) in [6.45, 7) is 1.99. The Hall–Kier alpha value is -2.01. The molecular weight excluding hydrogens is 242 g/mol. The molecule has 0 bridgehead atoms. The molecule has 0 radical (unpaired) electrons. The molecule has 0 unspecified atom stereocenters. The Bertz CT molecular complexity index is 592. The third-order valence-corrected chi connectivity index (χ3v) is 3.22. The summed E-state index contributed by atoms with van der Waals surface area (Å²) in [5.41, 5.74) is 3.18. The topological polar surface area (TPSA) is 48.3 Å². The normalized spacial score (nSPS) is 13.6. The van der Waals surface area contributed by atoms with Crippen LogP contribution in [0.25, 0.3) is 11.3 Å². The zero-order valence-corrected chi connectivity index (χ0v) is 11.1. The average molecular weight is 259 g/mol. The maximum atomic E-state index is 5.62. The Kier molecular flexibility index (Phi) is 3.13. The van der Waals surface area contributed by atoms with Crippen LogP contribution in [-0.2, 0) is 13.6 Å².